The molecule has 2 N–H and O–H groups in total. The molecule has 2 spiro atoms. The van der Waals surface area contributed by atoms with Gasteiger partial charge in [-0.3, -0.25) is 4.79 Å². The van der Waals surface area contributed by atoms with Crippen molar-refractivity contribution in [2.75, 3.05) is 0 Å². The first kappa shape index (κ1) is 18.1. The van der Waals surface area contributed by atoms with Gasteiger partial charge in [-0.1, -0.05) is 20.8 Å². The van der Waals surface area contributed by atoms with Crippen molar-refractivity contribution < 1.29 is 43.5 Å². The zero-order valence-electron chi connectivity index (χ0n) is 16.6. The third kappa shape index (κ3) is 1.35. The molecule has 158 valence electrons. The number of esters is 3. The second-order valence-corrected chi connectivity index (χ2v) is 10.6. The molecule has 0 aromatic carbocycles. The highest BCUT2D eigenvalue weighted by atomic mass is 16.8. The Morgan fingerprint density at radius 1 is 1.03 bits per heavy atom. The van der Waals surface area contributed by atoms with Crippen molar-refractivity contribution in [3.05, 3.63) is 0 Å². The van der Waals surface area contributed by atoms with Crippen LogP contribution in [0.4, 0.5) is 0 Å². The summed E-state index contributed by atoms with van der Waals surface area (Å²) in [7, 11) is 0. The molecule has 4 saturated heterocycles. The van der Waals surface area contributed by atoms with Gasteiger partial charge in [-0.2, -0.15) is 0 Å². The molecule has 4 aliphatic heterocycles. The van der Waals surface area contributed by atoms with Crippen molar-refractivity contribution in [1.29, 1.82) is 0 Å². The molecular formula is C20H24O9. The second-order valence-electron chi connectivity index (χ2n) is 10.6. The van der Waals surface area contributed by atoms with Gasteiger partial charge in [-0.25, -0.2) is 9.59 Å². The van der Waals surface area contributed by atoms with Crippen molar-refractivity contribution in [3.63, 3.8) is 0 Å². The minimum Gasteiger partial charge on any atom is -0.459 e. The molecule has 0 aromatic heterocycles. The van der Waals surface area contributed by atoms with Crippen LogP contribution in [-0.4, -0.2) is 63.9 Å². The van der Waals surface area contributed by atoms with Crippen LogP contribution >= 0.6 is 0 Å². The van der Waals surface area contributed by atoms with Crippen LogP contribution in [0.3, 0.4) is 0 Å². The normalized spacial score (nSPS) is 59.2. The highest BCUT2D eigenvalue weighted by molar-refractivity contribution is 5.93. The van der Waals surface area contributed by atoms with E-state index in [9.17, 15) is 24.6 Å². The molecule has 0 bridgehead atoms. The molecule has 9 nitrogen and oxygen atoms in total. The smallest absolute Gasteiger partial charge is 0.342 e. The molecule has 2 aliphatic carbocycles. The van der Waals surface area contributed by atoms with E-state index in [0.717, 1.165) is 0 Å². The maximum Gasteiger partial charge on any atom is 0.342 e. The monoisotopic (exact) mass is 408 g/mol. The fourth-order valence-electron chi connectivity index (χ4n) is 8.06. The van der Waals surface area contributed by atoms with Gasteiger partial charge in [-0.15, -0.1) is 0 Å². The van der Waals surface area contributed by atoms with E-state index in [2.05, 4.69) is 0 Å². The third-order valence-corrected chi connectivity index (χ3v) is 8.97. The summed E-state index contributed by atoms with van der Waals surface area (Å²) in [5.74, 6) is -3.52. The first-order valence-corrected chi connectivity index (χ1v) is 10.1. The number of hydrogen-bond acceptors (Lipinski definition) is 9. The Hall–Kier alpha value is -1.71. The predicted molar refractivity (Wildman–Crippen MR) is 90.6 cm³/mol. The van der Waals surface area contributed by atoms with Gasteiger partial charge >= 0.3 is 17.9 Å². The summed E-state index contributed by atoms with van der Waals surface area (Å²) in [4.78, 5) is 38.1. The van der Waals surface area contributed by atoms with E-state index >= 15 is 0 Å². The van der Waals surface area contributed by atoms with Gasteiger partial charge in [0.2, 0.25) is 11.9 Å². The van der Waals surface area contributed by atoms with E-state index in [-0.39, 0.29) is 17.8 Å². The van der Waals surface area contributed by atoms with Crippen molar-refractivity contribution >= 4 is 17.9 Å². The van der Waals surface area contributed by atoms with Gasteiger partial charge in [-0.05, 0) is 24.7 Å². The van der Waals surface area contributed by atoms with Crippen LogP contribution in [0.2, 0.25) is 0 Å². The van der Waals surface area contributed by atoms with Gasteiger partial charge in [0.1, 0.15) is 12.2 Å². The second kappa shape index (κ2) is 4.48. The van der Waals surface area contributed by atoms with Crippen LogP contribution in [0, 0.1) is 28.1 Å². The van der Waals surface area contributed by atoms with Crippen LogP contribution in [0.5, 0.6) is 0 Å². The van der Waals surface area contributed by atoms with Crippen molar-refractivity contribution in [1.82, 2.24) is 0 Å². The van der Waals surface area contributed by atoms with Crippen LogP contribution in [-0.2, 0) is 33.3 Å². The maximum absolute atomic E-state index is 13.3. The summed E-state index contributed by atoms with van der Waals surface area (Å²) in [6.45, 7) is 7.47. The van der Waals surface area contributed by atoms with Crippen molar-refractivity contribution in [2.45, 2.75) is 76.3 Å². The van der Waals surface area contributed by atoms with E-state index in [1.807, 2.05) is 20.8 Å². The van der Waals surface area contributed by atoms with E-state index in [1.165, 1.54) is 6.92 Å². The predicted octanol–water partition coefficient (Wildman–Crippen LogP) is -0.340. The zero-order valence-corrected chi connectivity index (χ0v) is 16.6. The molecule has 6 aliphatic rings. The number of aliphatic hydroxyl groups excluding tert-OH is 1. The average molecular weight is 408 g/mol. The Morgan fingerprint density at radius 3 is 2.38 bits per heavy atom. The van der Waals surface area contributed by atoms with Crippen molar-refractivity contribution in [3.8, 4) is 0 Å². The molecular weight excluding hydrogens is 384 g/mol. The summed E-state index contributed by atoms with van der Waals surface area (Å²) in [6, 6.07) is 0. The number of fused-ring (bicyclic) bond motifs is 1. The fraction of sp³-hybridized carbons (Fsp3) is 0.850. The Bertz CT molecular complexity index is 893. The molecule has 6 rings (SSSR count). The number of rotatable bonds is 0. The first-order chi connectivity index (χ1) is 13.4. The molecule has 3 unspecified atom stereocenters. The van der Waals surface area contributed by atoms with Crippen molar-refractivity contribution in [2.24, 2.45) is 28.1 Å². The lowest BCUT2D eigenvalue weighted by Gasteiger charge is -2.46. The lowest BCUT2D eigenvalue weighted by atomic mass is 9.51. The Kier molecular flexibility index (Phi) is 2.79. The average Bonchev–Trinajstić information content (AvgIpc) is 3.31. The fourth-order valence-corrected chi connectivity index (χ4v) is 8.06. The molecule has 0 radical (unpaired) electrons. The van der Waals surface area contributed by atoms with Gasteiger partial charge in [0.25, 0.3) is 0 Å². The van der Waals surface area contributed by atoms with Crippen LogP contribution in [0.15, 0.2) is 0 Å². The summed E-state index contributed by atoms with van der Waals surface area (Å²) < 4.78 is 22.9. The van der Waals surface area contributed by atoms with Gasteiger partial charge in [0.15, 0.2) is 11.7 Å². The molecule has 0 aromatic rings. The highest BCUT2D eigenvalue weighted by Crippen LogP contribution is 2.84. The third-order valence-electron chi connectivity index (χ3n) is 8.97. The van der Waals surface area contributed by atoms with Crippen LogP contribution < -0.4 is 0 Å². The van der Waals surface area contributed by atoms with Crippen LogP contribution in [0.25, 0.3) is 0 Å². The molecule has 9 heteroatoms. The Balaban J connectivity index is 1.68. The van der Waals surface area contributed by atoms with Gasteiger partial charge in [0.05, 0.1) is 16.7 Å². The van der Waals surface area contributed by atoms with E-state index in [1.54, 1.807) is 0 Å². The van der Waals surface area contributed by atoms with E-state index < -0.39 is 70.5 Å². The topological polar surface area (TPSA) is 129 Å². The molecule has 6 fully saturated rings. The largest absolute Gasteiger partial charge is 0.459 e. The summed E-state index contributed by atoms with van der Waals surface area (Å²) in [5.41, 5.74) is -6.81. The lowest BCUT2D eigenvalue weighted by molar-refractivity contribution is -0.238. The molecule has 29 heavy (non-hydrogen) atoms. The summed E-state index contributed by atoms with van der Waals surface area (Å²) in [5, 5.41) is 23.0. The number of ether oxygens (including phenoxy) is 4. The molecule has 2 saturated carbocycles. The minimum atomic E-state index is -1.97. The number of hydrogen-bond donors (Lipinski definition) is 2. The Labute approximate surface area is 166 Å². The van der Waals surface area contributed by atoms with Crippen LogP contribution in [0.1, 0.15) is 40.5 Å². The van der Waals surface area contributed by atoms with Gasteiger partial charge < -0.3 is 29.2 Å². The number of carbonyl (C=O) groups excluding carboxylic acids is 3. The number of carbonyl (C=O) groups is 3. The highest BCUT2D eigenvalue weighted by Gasteiger charge is 3.01. The Morgan fingerprint density at radius 2 is 1.72 bits per heavy atom. The SMILES string of the molecule is C[C@@H]1C(=O)O[C@H]2CC34[C@H]5C[C@@H](C(C)(C)C)C36C(O)C(=O)O[C@H]6O[C@@]4(C(=O)O5)[C@]21O. The lowest BCUT2D eigenvalue weighted by Crippen LogP contribution is -2.66. The minimum absolute atomic E-state index is 0.0623. The zero-order chi connectivity index (χ0) is 20.9. The quantitative estimate of drug-likeness (QED) is 0.408. The summed E-state index contributed by atoms with van der Waals surface area (Å²) >= 11 is 0. The molecule has 10 atom stereocenters. The first-order valence-electron chi connectivity index (χ1n) is 10.1. The van der Waals surface area contributed by atoms with E-state index in [0.29, 0.717) is 6.42 Å². The standard InChI is InChI=1S/C20H24O9/c1-7-12(22)26-10-6-17-9-5-8(16(2,3)4)18(17)11(21)13(23)28-15(18)29-20(17,14(24)27-9)19(7,10)25/h7-11,15,21,25H,5-6H2,1-4H3/t7-,8+,9-,10+,11?,15+,17?,18?,19-,20-/m1/s1. The van der Waals surface area contributed by atoms with E-state index in [4.69, 9.17) is 18.9 Å². The molecule has 4 heterocycles. The van der Waals surface area contributed by atoms with Gasteiger partial charge in [0, 0.05) is 6.42 Å². The maximum atomic E-state index is 13.3. The number of aliphatic hydroxyl groups is 2. The summed E-state index contributed by atoms with van der Waals surface area (Å²) in [6.07, 6.45) is -3.96. The molecule has 0 amide bonds.